The number of para-hydroxylation sites is 1. The Morgan fingerprint density at radius 1 is 1.19 bits per heavy atom. The van der Waals surface area contributed by atoms with Crippen LogP contribution in [-0.2, 0) is 6.54 Å². The van der Waals surface area contributed by atoms with E-state index in [4.69, 9.17) is 27.7 Å². The van der Waals surface area contributed by atoms with Gasteiger partial charge >= 0.3 is 11.3 Å². The number of aromatic amines is 1. The van der Waals surface area contributed by atoms with Crippen molar-refractivity contribution in [2.24, 2.45) is 0 Å². The minimum Gasteiger partial charge on any atom is -0.325 e. The lowest BCUT2D eigenvalue weighted by atomic mass is 10.2. The number of carbonyl (C=O) groups excluding carboxylic acids is 1. The van der Waals surface area contributed by atoms with Crippen molar-refractivity contribution >= 4 is 29.1 Å². The largest absolute Gasteiger partial charge is 0.432 e. The quantitative estimate of drug-likeness (QED) is 0.662. The van der Waals surface area contributed by atoms with Crippen LogP contribution in [0.1, 0.15) is 28.9 Å². The first-order chi connectivity index (χ1) is 13.0. The second-order valence-electron chi connectivity index (χ2n) is 6.39. The van der Waals surface area contributed by atoms with Crippen LogP contribution in [0.2, 0.25) is 10.0 Å². The van der Waals surface area contributed by atoms with Crippen molar-refractivity contribution in [2.45, 2.75) is 25.4 Å². The zero-order valence-corrected chi connectivity index (χ0v) is 15.7. The zero-order valence-electron chi connectivity index (χ0n) is 14.2. The van der Waals surface area contributed by atoms with Crippen molar-refractivity contribution < 1.29 is 14.0 Å². The van der Waals surface area contributed by atoms with Crippen molar-refractivity contribution in [1.82, 2.24) is 10.2 Å². The smallest absolute Gasteiger partial charge is 0.325 e. The van der Waals surface area contributed by atoms with Gasteiger partial charge in [-0.1, -0.05) is 41.4 Å². The van der Waals surface area contributed by atoms with Crippen LogP contribution in [0.5, 0.6) is 0 Å². The summed E-state index contributed by atoms with van der Waals surface area (Å²) in [5, 5.41) is 3.35. The molecule has 1 aromatic heterocycles. The fourth-order valence-electron chi connectivity index (χ4n) is 2.95. The molecule has 0 saturated heterocycles. The van der Waals surface area contributed by atoms with Gasteiger partial charge in [0.25, 0.3) is 5.91 Å². The summed E-state index contributed by atoms with van der Waals surface area (Å²) in [6, 6.07) is 14.1. The topological polar surface area (TPSA) is 70.2 Å². The maximum absolute atomic E-state index is 13.1. The van der Waals surface area contributed by atoms with Crippen LogP contribution in [0, 0.1) is 0 Å². The number of hydrogen-bond donors (Lipinski definition) is 1. The molecule has 1 aliphatic carbocycles. The molecule has 0 radical (unpaired) electrons. The number of H-pyrrole nitrogens is 1. The minimum atomic E-state index is -0.514. The fourth-order valence-corrected chi connectivity index (χ4v) is 3.43. The highest BCUT2D eigenvalue weighted by Gasteiger charge is 2.38. The number of aromatic nitrogens is 2. The maximum atomic E-state index is 13.1. The summed E-state index contributed by atoms with van der Waals surface area (Å²) >= 11 is 12.1. The molecule has 0 bridgehead atoms. The number of amides is 1. The minimum absolute atomic E-state index is 0.0720. The third kappa shape index (κ3) is 3.63. The normalized spacial score (nSPS) is 13.6. The lowest BCUT2D eigenvalue weighted by molar-refractivity contribution is -0.678. The average Bonchev–Trinajstić information content (AvgIpc) is 3.43. The molecule has 1 amide bonds. The summed E-state index contributed by atoms with van der Waals surface area (Å²) < 4.78 is 6.53. The first kappa shape index (κ1) is 17.8. The van der Waals surface area contributed by atoms with Crippen molar-refractivity contribution in [3.63, 3.8) is 0 Å². The van der Waals surface area contributed by atoms with E-state index in [1.54, 1.807) is 21.7 Å². The molecule has 1 fully saturated rings. The average molecular weight is 405 g/mol. The van der Waals surface area contributed by atoms with E-state index in [1.807, 2.05) is 30.3 Å². The van der Waals surface area contributed by atoms with Crippen molar-refractivity contribution in [1.29, 1.82) is 0 Å². The Kier molecular flexibility index (Phi) is 4.76. The third-order valence-electron chi connectivity index (χ3n) is 4.48. The molecule has 1 aliphatic rings. The summed E-state index contributed by atoms with van der Waals surface area (Å²) in [4.78, 5) is 27.0. The van der Waals surface area contributed by atoms with Gasteiger partial charge in [-0.3, -0.25) is 9.32 Å². The Hall–Kier alpha value is -2.57. The van der Waals surface area contributed by atoms with Gasteiger partial charge in [0.1, 0.15) is 6.54 Å². The monoisotopic (exact) mass is 404 g/mol. The lowest BCUT2D eigenvalue weighted by Gasteiger charge is -2.20. The number of halogens is 2. The Morgan fingerprint density at radius 3 is 2.59 bits per heavy atom. The number of hydrogen-bond acceptors (Lipinski definition) is 3. The van der Waals surface area contributed by atoms with E-state index < -0.39 is 5.63 Å². The van der Waals surface area contributed by atoms with Crippen LogP contribution in [0.15, 0.2) is 57.8 Å². The van der Waals surface area contributed by atoms with Gasteiger partial charge in [-0.25, -0.2) is 4.79 Å². The molecular weight excluding hydrogens is 389 g/mol. The number of rotatable bonds is 5. The molecule has 138 valence electrons. The maximum Gasteiger partial charge on any atom is 0.432 e. The van der Waals surface area contributed by atoms with Crippen molar-refractivity contribution in [3.8, 4) is 5.69 Å². The number of nitrogens with one attached hydrogen (secondary N) is 1. The van der Waals surface area contributed by atoms with Crippen molar-refractivity contribution in [3.05, 3.63) is 80.3 Å². The summed E-state index contributed by atoms with van der Waals surface area (Å²) in [6.45, 7) is 0.114. The van der Waals surface area contributed by atoms with E-state index in [1.165, 1.54) is 6.07 Å². The van der Waals surface area contributed by atoms with Gasteiger partial charge in [-0.2, -0.15) is 0 Å². The molecule has 8 heteroatoms. The molecule has 0 aliphatic heterocycles. The van der Waals surface area contributed by atoms with Crippen molar-refractivity contribution in [2.75, 3.05) is 0 Å². The van der Waals surface area contributed by atoms with Crippen LogP contribution in [0.3, 0.4) is 0 Å². The SMILES string of the molecule is O=C(c1ccc(Cl)cc1Cl)N(Cc1c(=O)o[nH][n+]1-c1ccccc1)C1CC1. The zero-order chi connectivity index (χ0) is 19.0. The standard InChI is InChI=1S/C19H15Cl2N3O3/c20-12-6-9-15(16(21)10-12)18(25)23(13-7-8-13)11-17-19(26)27-22-24(17)14-4-2-1-3-5-14/h1-6,9-10,13H,7-8,11H2/p+1. The lowest BCUT2D eigenvalue weighted by Crippen LogP contribution is -2.44. The molecule has 0 spiro atoms. The van der Waals surface area contributed by atoms with Gasteiger partial charge in [0.05, 0.1) is 10.6 Å². The highest BCUT2D eigenvalue weighted by Crippen LogP contribution is 2.31. The van der Waals surface area contributed by atoms with Gasteiger partial charge in [0.15, 0.2) is 0 Å². The number of nitrogens with zero attached hydrogens (tertiary/aromatic N) is 2. The van der Waals surface area contributed by atoms with Crippen LogP contribution < -0.4 is 10.3 Å². The fraction of sp³-hybridized carbons (Fsp3) is 0.211. The molecule has 0 atom stereocenters. The predicted octanol–water partition coefficient (Wildman–Crippen LogP) is 3.36. The van der Waals surface area contributed by atoms with E-state index in [-0.39, 0.29) is 23.5 Å². The second kappa shape index (κ2) is 7.21. The molecule has 1 heterocycles. The van der Waals surface area contributed by atoms with Crippen LogP contribution >= 0.6 is 23.2 Å². The second-order valence-corrected chi connectivity index (χ2v) is 7.23. The van der Waals surface area contributed by atoms with E-state index in [2.05, 4.69) is 5.27 Å². The van der Waals surface area contributed by atoms with E-state index in [0.717, 1.165) is 18.5 Å². The van der Waals surface area contributed by atoms with E-state index in [0.29, 0.717) is 16.3 Å². The predicted molar refractivity (Wildman–Crippen MR) is 100 cm³/mol. The summed E-state index contributed by atoms with van der Waals surface area (Å²) in [5.41, 5.74) is 0.927. The molecular formula is C19H16Cl2N3O3+. The molecule has 6 nitrogen and oxygen atoms in total. The van der Waals surface area contributed by atoms with E-state index in [9.17, 15) is 9.59 Å². The highest BCUT2D eigenvalue weighted by atomic mass is 35.5. The van der Waals surface area contributed by atoms with Gasteiger partial charge in [0.2, 0.25) is 5.69 Å². The molecule has 0 unspecified atom stereocenters. The summed E-state index contributed by atoms with van der Waals surface area (Å²) in [6.07, 6.45) is 1.77. The Morgan fingerprint density at radius 2 is 1.93 bits per heavy atom. The molecule has 27 heavy (non-hydrogen) atoms. The summed E-state index contributed by atoms with van der Waals surface area (Å²) in [5.74, 6) is -0.237. The number of benzene rings is 2. The van der Waals surface area contributed by atoms with Gasteiger partial charge in [-0.05, 0) is 41.0 Å². The van der Waals surface area contributed by atoms with Gasteiger partial charge in [0, 0.05) is 23.2 Å². The number of carbonyl (C=O) groups is 1. The third-order valence-corrected chi connectivity index (χ3v) is 5.03. The Bertz CT molecular complexity index is 1040. The Balaban J connectivity index is 1.69. The van der Waals surface area contributed by atoms with Crippen LogP contribution in [0.4, 0.5) is 0 Å². The van der Waals surface area contributed by atoms with Gasteiger partial charge in [-0.15, -0.1) is 0 Å². The van der Waals surface area contributed by atoms with Gasteiger partial charge < -0.3 is 4.90 Å². The summed E-state index contributed by atoms with van der Waals surface area (Å²) in [7, 11) is 0. The molecule has 1 saturated carbocycles. The first-order valence-corrected chi connectivity index (χ1v) is 9.24. The Labute approximate surface area is 164 Å². The van der Waals surface area contributed by atoms with Crippen LogP contribution in [-0.4, -0.2) is 22.1 Å². The highest BCUT2D eigenvalue weighted by molar-refractivity contribution is 6.36. The molecule has 1 N–H and O–H groups in total. The van der Waals surface area contributed by atoms with Crippen LogP contribution in [0.25, 0.3) is 5.69 Å². The molecule has 4 rings (SSSR count). The first-order valence-electron chi connectivity index (χ1n) is 8.48. The van der Waals surface area contributed by atoms with E-state index >= 15 is 0 Å². The molecule has 3 aromatic rings. The molecule has 2 aromatic carbocycles.